The van der Waals surface area contributed by atoms with Crippen LogP contribution in [0.2, 0.25) is 0 Å². The highest BCUT2D eigenvalue weighted by atomic mass is 16.5. The molecule has 26 heavy (non-hydrogen) atoms. The maximum absolute atomic E-state index is 12.8. The molecule has 138 valence electrons. The van der Waals surface area contributed by atoms with Gasteiger partial charge in [0.2, 0.25) is 11.8 Å². The summed E-state index contributed by atoms with van der Waals surface area (Å²) in [6.07, 6.45) is 0.873. The molecule has 0 radical (unpaired) electrons. The Morgan fingerprint density at radius 2 is 2.15 bits per heavy atom. The Morgan fingerprint density at radius 3 is 2.88 bits per heavy atom. The fourth-order valence-corrected chi connectivity index (χ4v) is 3.31. The lowest BCUT2D eigenvalue weighted by Crippen LogP contribution is -2.52. The second-order valence-electron chi connectivity index (χ2n) is 6.33. The summed E-state index contributed by atoms with van der Waals surface area (Å²) in [6, 6.07) is 8.84. The molecular formula is C19H24N4O3. The molecule has 0 fully saturated rings. The zero-order valence-corrected chi connectivity index (χ0v) is 15.4. The molecule has 2 amide bonds. The summed E-state index contributed by atoms with van der Waals surface area (Å²) in [5.41, 5.74) is 1.73. The number of hydrogen-bond donors (Lipinski definition) is 1. The van der Waals surface area contributed by atoms with Crippen molar-refractivity contribution >= 4 is 17.6 Å². The van der Waals surface area contributed by atoms with Crippen molar-refractivity contribution in [3.05, 3.63) is 41.6 Å². The second kappa shape index (κ2) is 7.59. The highest BCUT2D eigenvalue weighted by Gasteiger charge is 2.34. The summed E-state index contributed by atoms with van der Waals surface area (Å²) in [6.45, 7) is 4.69. The van der Waals surface area contributed by atoms with Crippen LogP contribution in [0.25, 0.3) is 0 Å². The Hall–Kier alpha value is -2.83. The Morgan fingerprint density at radius 1 is 1.38 bits per heavy atom. The Kier molecular flexibility index (Phi) is 5.25. The summed E-state index contributed by atoms with van der Waals surface area (Å²) in [4.78, 5) is 26.9. The largest absolute Gasteiger partial charge is 0.496 e. The van der Waals surface area contributed by atoms with Crippen molar-refractivity contribution in [2.45, 2.75) is 45.8 Å². The molecule has 1 atom stereocenters. The number of nitrogens with zero attached hydrogens (tertiary/aromatic N) is 3. The number of carbonyl (C=O) groups is 2. The van der Waals surface area contributed by atoms with Crippen LogP contribution >= 0.6 is 0 Å². The van der Waals surface area contributed by atoms with Gasteiger partial charge in [0, 0.05) is 24.6 Å². The summed E-state index contributed by atoms with van der Waals surface area (Å²) >= 11 is 0. The van der Waals surface area contributed by atoms with Crippen LogP contribution in [0.4, 0.5) is 5.82 Å². The lowest BCUT2D eigenvalue weighted by molar-refractivity contribution is -0.127. The number of anilines is 1. The first-order chi connectivity index (χ1) is 12.5. The maximum atomic E-state index is 12.8. The van der Waals surface area contributed by atoms with E-state index < -0.39 is 6.04 Å². The first kappa shape index (κ1) is 18.0. The van der Waals surface area contributed by atoms with E-state index in [2.05, 4.69) is 10.4 Å². The van der Waals surface area contributed by atoms with Gasteiger partial charge in [0.1, 0.15) is 17.6 Å². The van der Waals surface area contributed by atoms with Crippen molar-refractivity contribution in [1.29, 1.82) is 0 Å². The van der Waals surface area contributed by atoms with Crippen molar-refractivity contribution in [2.75, 3.05) is 12.0 Å². The minimum Gasteiger partial charge on any atom is -0.496 e. The fourth-order valence-electron chi connectivity index (χ4n) is 3.31. The van der Waals surface area contributed by atoms with Crippen LogP contribution < -0.4 is 15.0 Å². The third kappa shape index (κ3) is 3.42. The van der Waals surface area contributed by atoms with Gasteiger partial charge in [0.15, 0.2) is 0 Å². The van der Waals surface area contributed by atoms with Crippen LogP contribution in [0.1, 0.15) is 31.0 Å². The quantitative estimate of drug-likeness (QED) is 0.859. The van der Waals surface area contributed by atoms with Gasteiger partial charge in [-0.15, -0.1) is 0 Å². The molecule has 2 heterocycles. The summed E-state index contributed by atoms with van der Waals surface area (Å²) in [7, 11) is 1.60. The van der Waals surface area contributed by atoms with Gasteiger partial charge in [0.05, 0.1) is 19.3 Å². The van der Waals surface area contributed by atoms with Gasteiger partial charge in [-0.2, -0.15) is 5.10 Å². The zero-order valence-electron chi connectivity index (χ0n) is 15.4. The second-order valence-corrected chi connectivity index (χ2v) is 6.33. The molecule has 1 aliphatic rings. The molecule has 1 aromatic heterocycles. The molecule has 0 saturated heterocycles. The van der Waals surface area contributed by atoms with Crippen molar-refractivity contribution in [1.82, 2.24) is 15.1 Å². The third-order valence-electron chi connectivity index (χ3n) is 4.58. The van der Waals surface area contributed by atoms with Crippen molar-refractivity contribution < 1.29 is 14.3 Å². The molecule has 7 nitrogen and oxygen atoms in total. The molecular weight excluding hydrogens is 332 g/mol. The van der Waals surface area contributed by atoms with Crippen LogP contribution in [0, 0.1) is 6.92 Å². The zero-order chi connectivity index (χ0) is 18.7. The van der Waals surface area contributed by atoms with Crippen LogP contribution in [-0.4, -0.2) is 34.7 Å². The number of aromatic nitrogens is 2. The van der Waals surface area contributed by atoms with Gasteiger partial charge < -0.3 is 10.1 Å². The average molecular weight is 356 g/mol. The van der Waals surface area contributed by atoms with Crippen LogP contribution in [0.5, 0.6) is 5.75 Å². The number of hydrogen-bond acceptors (Lipinski definition) is 4. The normalized spacial score (nSPS) is 14.7. The molecule has 1 aliphatic heterocycles. The number of nitrogens with one attached hydrogen (secondary N) is 1. The number of rotatable bonds is 6. The Balaban J connectivity index is 1.78. The van der Waals surface area contributed by atoms with Gasteiger partial charge in [0.25, 0.3) is 0 Å². The van der Waals surface area contributed by atoms with E-state index in [1.54, 1.807) is 16.7 Å². The predicted octanol–water partition coefficient (Wildman–Crippen LogP) is 2.03. The Bertz CT molecular complexity index is 815. The van der Waals surface area contributed by atoms with Crippen molar-refractivity contribution in [3.8, 4) is 5.75 Å². The number of benzene rings is 1. The molecule has 0 saturated carbocycles. The molecule has 7 heteroatoms. The highest BCUT2D eigenvalue weighted by molar-refractivity contribution is 6.01. The van der Waals surface area contributed by atoms with Crippen molar-refractivity contribution in [2.24, 2.45) is 0 Å². The number of para-hydroxylation sites is 1. The van der Waals surface area contributed by atoms with Gasteiger partial charge >= 0.3 is 0 Å². The van der Waals surface area contributed by atoms with E-state index in [1.165, 1.54) is 0 Å². The van der Waals surface area contributed by atoms with Crippen LogP contribution in [-0.2, 0) is 22.7 Å². The minimum atomic E-state index is -0.563. The first-order valence-corrected chi connectivity index (χ1v) is 8.81. The molecule has 0 bridgehead atoms. The van der Waals surface area contributed by atoms with Gasteiger partial charge in [-0.3, -0.25) is 14.5 Å². The molecule has 2 aromatic rings. The summed E-state index contributed by atoms with van der Waals surface area (Å²) in [5, 5.41) is 7.34. The topological polar surface area (TPSA) is 76.5 Å². The van der Waals surface area contributed by atoms with Crippen molar-refractivity contribution in [3.63, 3.8) is 0 Å². The number of fused-ring (bicyclic) bond motifs is 1. The predicted molar refractivity (Wildman–Crippen MR) is 98.0 cm³/mol. The van der Waals surface area contributed by atoms with Gasteiger partial charge in [-0.1, -0.05) is 25.1 Å². The SMILES string of the molecule is CC[C@@H](C(=O)NCc1ccccc1OC)N1C(=O)CCn2nc(C)cc21. The number of ether oxygens (including phenoxy) is 1. The van der Waals surface area contributed by atoms with E-state index in [4.69, 9.17) is 4.74 Å². The van der Waals surface area contributed by atoms with Gasteiger partial charge in [-0.25, -0.2) is 4.68 Å². The van der Waals surface area contributed by atoms with Crippen LogP contribution in [0.15, 0.2) is 30.3 Å². The monoisotopic (exact) mass is 356 g/mol. The van der Waals surface area contributed by atoms with E-state index in [0.29, 0.717) is 31.7 Å². The number of carbonyl (C=O) groups excluding carboxylic acids is 2. The van der Waals surface area contributed by atoms with Crippen LogP contribution in [0.3, 0.4) is 0 Å². The number of aryl methyl sites for hydroxylation is 2. The molecule has 0 spiro atoms. The lowest BCUT2D eigenvalue weighted by atomic mass is 10.1. The fraction of sp³-hybridized carbons (Fsp3) is 0.421. The minimum absolute atomic E-state index is 0.0447. The van der Waals surface area contributed by atoms with E-state index in [0.717, 1.165) is 17.0 Å². The molecule has 0 unspecified atom stereocenters. The first-order valence-electron chi connectivity index (χ1n) is 8.81. The smallest absolute Gasteiger partial charge is 0.243 e. The summed E-state index contributed by atoms with van der Waals surface area (Å²) < 4.78 is 7.12. The van der Waals surface area contributed by atoms with E-state index in [1.807, 2.05) is 44.2 Å². The Labute approximate surface area is 152 Å². The number of amides is 2. The standard InChI is InChI=1S/C19H24N4O3/c1-4-15(19(25)20-12-14-7-5-6-8-16(14)26-3)23-17-11-13(2)21-22(17)10-9-18(23)24/h5-8,11,15H,4,9-10,12H2,1-3H3,(H,20,25)/t15-/m0/s1. The lowest BCUT2D eigenvalue weighted by Gasteiger charge is -2.33. The molecule has 1 N–H and O–H groups in total. The third-order valence-corrected chi connectivity index (χ3v) is 4.58. The van der Waals surface area contributed by atoms with E-state index >= 15 is 0 Å². The maximum Gasteiger partial charge on any atom is 0.243 e. The number of methoxy groups -OCH3 is 1. The molecule has 1 aromatic carbocycles. The molecule has 0 aliphatic carbocycles. The average Bonchev–Trinajstić information content (AvgIpc) is 3.03. The van der Waals surface area contributed by atoms with E-state index in [9.17, 15) is 9.59 Å². The van der Waals surface area contributed by atoms with Gasteiger partial charge in [-0.05, 0) is 19.4 Å². The van der Waals surface area contributed by atoms with E-state index in [-0.39, 0.29) is 11.8 Å². The highest BCUT2D eigenvalue weighted by Crippen LogP contribution is 2.26. The molecule has 3 rings (SSSR count). The summed E-state index contributed by atoms with van der Waals surface area (Å²) in [5.74, 6) is 1.19.